The number of hydrogen-bond acceptors (Lipinski definition) is 4. The summed E-state index contributed by atoms with van der Waals surface area (Å²) in [6.07, 6.45) is 2.53. The highest BCUT2D eigenvalue weighted by atomic mass is 79.9. The number of rotatable bonds is 4. The van der Waals surface area contributed by atoms with Gasteiger partial charge < -0.3 is 0 Å². The fourth-order valence-electron chi connectivity index (χ4n) is 2.00. The lowest BCUT2D eigenvalue weighted by atomic mass is 10.2. The second-order valence-corrected chi connectivity index (χ2v) is 5.40. The Morgan fingerprint density at radius 3 is 2.65 bits per heavy atom. The van der Waals surface area contributed by atoms with Gasteiger partial charge in [0.05, 0.1) is 9.95 Å². The van der Waals surface area contributed by atoms with Crippen LogP contribution in [0.3, 0.4) is 0 Å². The van der Waals surface area contributed by atoms with Gasteiger partial charge in [0.25, 0.3) is 0 Å². The molecule has 106 valence electrons. The van der Waals surface area contributed by atoms with Gasteiger partial charge in [-0.1, -0.05) is 25.4 Å². The normalized spacial score (nSPS) is 10.8. The standard InChI is InChI=1S/C12H12BrClN4O2/c1-3-9-11(18(19)20)10(4-2)17(16-9)12-8(14)5-7(13)6-15-12/h5-6H,3-4H2,1-2H3. The smallest absolute Gasteiger partial charge is 0.258 e. The molecule has 0 spiro atoms. The number of aromatic nitrogens is 3. The first-order valence-corrected chi connectivity index (χ1v) is 7.23. The molecule has 8 heteroatoms. The first-order chi connectivity index (χ1) is 9.49. The van der Waals surface area contributed by atoms with Gasteiger partial charge in [-0.2, -0.15) is 5.10 Å². The minimum absolute atomic E-state index is 0.0517. The molecule has 0 aromatic carbocycles. The Bertz CT molecular complexity index is 672. The van der Waals surface area contributed by atoms with Crippen LogP contribution in [0.25, 0.3) is 5.82 Å². The molecule has 0 N–H and O–H groups in total. The molecule has 2 aromatic rings. The lowest BCUT2D eigenvalue weighted by Gasteiger charge is -2.06. The van der Waals surface area contributed by atoms with Gasteiger partial charge in [-0.05, 0) is 34.8 Å². The van der Waals surface area contributed by atoms with Crippen LogP contribution in [0.4, 0.5) is 5.69 Å². The average molecular weight is 360 g/mol. The number of pyridine rings is 1. The lowest BCUT2D eigenvalue weighted by molar-refractivity contribution is -0.386. The van der Waals surface area contributed by atoms with E-state index in [1.54, 1.807) is 12.3 Å². The molecule has 2 heterocycles. The minimum Gasteiger partial charge on any atom is -0.258 e. The quantitative estimate of drug-likeness (QED) is 0.616. The van der Waals surface area contributed by atoms with Crippen molar-refractivity contribution in [1.29, 1.82) is 0 Å². The molecule has 0 aliphatic carbocycles. The molecule has 2 aromatic heterocycles. The molecule has 6 nitrogen and oxygen atoms in total. The third-order valence-electron chi connectivity index (χ3n) is 2.86. The monoisotopic (exact) mass is 358 g/mol. The third kappa shape index (κ3) is 2.55. The Kier molecular flexibility index (Phi) is 4.39. The zero-order chi connectivity index (χ0) is 14.9. The zero-order valence-electron chi connectivity index (χ0n) is 10.9. The molecule has 0 fully saturated rings. The summed E-state index contributed by atoms with van der Waals surface area (Å²) in [6.45, 7) is 3.67. The molecule has 0 atom stereocenters. The summed E-state index contributed by atoms with van der Waals surface area (Å²) in [7, 11) is 0. The molecule has 0 saturated heterocycles. The van der Waals surface area contributed by atoms with E-state index in [1.165, 1.54) is 4.68 Å². The topological polar surface area (TPSA) is 73.8 Å². The molecule has 0 radical (unpaired) electrons. The number of nitro groups is 1. The molecule has 0 unspecified atom stereocenters. The first-order valence-electron chi connectivity index (χ1n) is 6.06. The number of aryl methyl sites for hydroxylation is 1. The Hall–Kier alpha value is -1.47. The second kappa shape index (κ2) is 5.88. The fraction of sp³-hybridized carbons (Fsp3) is 0.333. The van der Waals surface area contributed by atoms with Crippen molar-refractivity contribution in [2.45, 2.75) is 26.7 Å². The molecule has 0 bridgehead atoms. The largest absolute Gasteiger partial charge is 0.313 e. The Labute approximate surface area is 129 Å². The number of hydrogen-bond donors (Lipinski definition) is 0. The number of nitrogens with zero attached hydrogens (tertiary/aromatic N) is 4. The van der Waals surface area contributed by atoms with E-state index >= 15 is 0 Å². The highest BCUT2D eigenvalue weighted by molar-refractivity contribution is 9.10. The van der Waals surface area contributed by atoms with Gasteiger partial charge in [0.15, 0.2) is 5.82 Å². The molecular formula is C12H12BrClN4O2. The van der Waals surface area contributed by atoms with Crippen LogP contribution in [0, 0.1) is 10.1 Å². The van der Waals surface area contributed by atoms with Crippen molar-refractivity contribution >= 4 is 33.2 Å². The highest BCUT2D eigenvalue weighted by Crippen LogP contribution is 2.29. The predicted octanol–water partition coefficient (Wildman–Crippen LogP) is 3.72. The van der Waals surface area contributed by atoms with E-state index in [-0.39, 0.29) is 5.69 Å². The Morgan fingerprint density at radius 2 is 2.15 bits per heavy atom. The minimum atomic E-state index is -0.395. The van der Waals surface area contributed by atoms with E-state index in [0.717, 1.165) is 4.47 Å². The SMILES string of the molecule is CCc1nn(-c2ncc(Br)cc2Cl)c(CC)c1[N+](=O)[O-]. The summed E-state index contributed by atoms with van der Waals surface area (Å²) in [6, 6.07) is 1.68. The lowest BCUT2D eigenvalue weighted by Crippen LogP contribution is -2.05. The first kappa shape index (κ1) is 14.9. The van der Waals surface area contributed by atoms with Gasteiger partial charge in [-0.3, -0.25) is 10.1 Å². The van der Waals surface area contributed by atoms with Crippen LogP contribution in [0.1, 0.15) is 25.2 Å². The predicted molar refractivity (Wildman–Crippen MR) is 79.5 cm³/mol. The van der Waals surface area contributed by atoms with Crippen LogP contribution in [0.5, 0.6) is 0 Å². The van der Waals surface area contributed by atoms with Crippen LogP contribution in [-0.2, 0) is 12.8 Å². The van der Waals surface area contributed by atoms with Gasteiger partial charge in [0.2, 0.25) is 0 Å². The van der Waals surface area contributed by atoms with E-state index in [4.69, 9.17) is 11.6 Å². The van der Waals surface area contributed by atoms with Crippen molar-refractivity contribution in [1.82, 2.24) is 14.8 Å². The Morgan fingerprint density at radius 1 is 1.45 bits per heavy atom. The number of halogens is 2. The maximum atomic E-state index is 11.2. The molecule has 2 rings (SSSR count). The molecule has 0 aliphatic rings. The Balaban J connectivity index is 2.71. The van der Waals surface area contributed by atoms with Crippen LogP contribution >= 0.6 is 27.5 Å². The van der Waals surface area contributed by atoms with Crippen molar-refractivity contribution in [3.05, 3.63) is 43.3 Å². The maximum absolute atomic E-state index is 11.2. The summed E-state index contributed by atoms with van der Waals surface area (Å²) < 4.78 is 2.20. The second-order valence-electron chi connectivity index (χ2n) is 4.08. The van der Waals surface area contributed by atoms with Gasteiger partial charge in [0.1, 0.15) is 11.4 Å². The van der Waals surface area contributed by atoms with E-state index in [0.29, 0.717) is 35.1 Å². The summed E-state index contributed by atoms with van der Waals surface area (Å²) in [4.78, 5) is 15.0. The third-order valence-corrected chi connectivity index (χ3v) is 3.58. The van der Waals surface area contributed by atoms with E-state index in [1.807, 2.05) is 13.8 Å². The molecule has 0 amide bonds. The van der Waals surface area contributed by atoms with Gasteiger partial charge in [-0.15, -0.1) is 0 Å². The molecule has 20 heavy (non-hydrogen) atoms. The van der Waals surface area contributed by atoms with E-state index in [9.17, 15) is 10.1 Å². The van der Waals surface area contributed by atoms with Crippen molar-refractivity contribution in [3.8, 4) is 5.82 Å². The van der Waals surface area contributed by atoms with Crippen molar-refractivity contribution in [3.63, 3.8) is 0 Å². The van der Waals surface area contributed by atoms with Crippen molar-refractivity contribution in [2.24, 2.45) is 0 Å². The summed E-state index contributed by atoms with van der Waals surface area (Å²) in [5.74, 6) is 0.398. The van der Waals surface area contributed by atoms with Gasteiger partial charge >= 0.3 is 5.69 Å². The van der Waals surface area contributed by atoms with Crippen molar-refractivity contribution in [2.75, 3.05) is 0 Å². The van der Waals surface area contributed by atoms with Crippen molar-refractivity contribution < 1.29 is 4.92 Å². The van der Waals surface area contributed by atoms with Crippen LogP contribution in [-0.4, -0.2) is 19.7 Å². The van der Waals surface area contributed by atoms with E-state index in [2.05, 4.69) is 26.0 Å². The highest BCUT2D eigenvalue weighted by Gasteiger charge is 2.27. The van der Waals surface area contributed by atoms with Crippen LogP contribution in [0.15, 0.2) is 16.7 Å². The summed E-state index contributed by atoms with van der Waals surface area (Å²) in [5, 5.41) is 15.9. The van der Waals surface area contributed by atoms with Crippen LogP contribution < -0.4 is 0 Å². The average Bonchev–Trinajstić information content (AvgIpc) is 2.77. The van der Waals surface area contributed by atoms with Gasteiger partial charge in [0, 0.05) is 10.7 Å². The molecule has 0 aliphatic heterocycles. The molecule has 0 saturated carbocycles. The van der Waals surface area contributed by atoms with E-state index < -0.39 is 4.92 Å². The fourth-order valence-corrected chi connectivity index (χ4v) is 2.71. The van der Waals surface area contributed by atoms with Crippen LogP contribution in [0.2, 0.25) is 5.02 Å². The summed E-state index contributed by atoms with van der Waals surface area (Å²) >= 11 is 9.43. The zero-order valence-corrected chi connectivity index (χ0v) is 13.3. The molecular weight excluding hydrogens is 348 g/mol. The maximum Gasteiger partial charge on any atom is 0.313 e. The van der Waals surface area contributed by atoms with Gasteiger partial charge in [-0.25, -0.2) is 9.67 Å². The summed E-state index contributed by atoms with van der Waals surface area (Å²) in [5.41, 5.74) is 0.993.